The average Bonchev–Trinajstić information content (AvgIpc) is 3.63. The van der Waals surface area contributed by atoms with Gasteiger partial charge in [-0.3, -0.25) is 4.99 Å². The highest BCUT2D eigenvalue weighted by Gasteiger charge is 2.31. The maximum absolute atomic E-state index is 5.24. The van der Waals surface area contributed by atoms with Crippen LogP contribution in [0.5, 0.6) is 0 Å². The SMILES string of the molecule is C1=CCC(c2ccc3ccc4ccc(-c5ccc(-c6ccc7c8c(cccc68)-c6c-7c(-c7ccccc7)c7ccccc7c6-c6ccccc6)cc5)nc4c3n2)N=C1. The number of benzene rings is 8. The summed E-state index contributed by atoms with van der Waals surface area (Å²) in [6, 6.07) is 64.1. The van der Waals surface area contributed by atoms with E-state index in [4.69, 9.17) is 9.97 Å². The number of hydrogen-bond donors (Lipinski definition) is 0. The van der Waals surface area contributed by atoms with Crippen LogP contribution in [-0.4, -0.2) is 16.2 Å². The van der Waals surface area contributed by atoms with Crippen LogP contribution in [-0.2, 0) is 0 Å². The van der Waals surface area contributed by atoms with Gasteiger partial charge in [0.25, 0.3) is 0 Å². The van der Waals surface area contributed by atoms with Crippen LogP contribution in [0.15, 0.2) is 193 Å². The third kappa shape index (κ3) is 5.03. The van der Waals surface area contributed by atoms with Crippen molar-refractivity contribution in [3.63, 3.8) is 0 Å². The van der Waals surface area contributed by atoms with Crippen molar-refractivity contribution in [3.05, 3.63) is 194 Å². The fourth-order valence-corrected chi connectivity index (χ4v) is 9.49. The van der Waals surface area contributed by atoms with Crippen molar-refractivity contribution in [1.29, 1.82) is 0 Å². The molecule has 3 heteroatoms. The second kappa shape index (κ2) is 13.0. The van der Waals surface area contributed by atoms with E-state index in [0.717, 1.165) is 45.2 Å². The van der Waals surface area contributed by atoms with E-state index in [-0.39, 0.29) is 6.04 Å². The van der Waals surface area contributed by atoms with Crippen LogP contribution in [0.4, 0.5) is 0 Å². The molecular formula is C55H35N3. The predicted molar refractivity (Wildman–Crippen MR) is 243 cm³/mol. The molecule has 0 spiro atoms. The summed E-state index contributed by atoms with van der Waals surface area (Å²) < 4.78 is 0. The van der Waals surface area contributed by atoms with Gasteiger partial charge in [-0.15, -0.1) is 0 Å². The molecule has 3 nitrogen and oxygen atoms in total. The molecule has 10 aromatic rings. The van der Waals surface area contributed by atoms with Crippen molar-refractivity contribution in [2.75, 3.05) is 0 Å². The molecule has 3 heterocycles. The molecule has 2 aromatic heterocycles. The third-order valence-corrected chi connectivity index (χ3v) is 12.1. The van der Waals surface area contributed by atoms with Crippen LogP contribution in [0.3, 0.4) is 0 Å². The van der Waals surface area contributed by atoms with E-state index >= 15 is 0 Å². The van der Waals surface area contributed by atoms with E-state index in [1.807, 2.05) is 12.3 Å². The van der Waals surface area contributed by atoms with Gasteiger partial charge in [0.2, 0.25) is 0 Å². The quantitative estimate of drug-likeness (QED) is 0.165. The lowest BCUT2D eigenvalue weighted by Crippen LogP contribution is -2.01. The lowest BCUT2D eigenvalue weighted by molar-refractivity contribution is 0.717. The van der Waals surface area contributed by atoms with Crippen molar-refractivity contribution in [1.82, 2.24) is 9.97 Å². The highest BCUT2D eigenvalue weighted by molar-refractivity contribution is 6.28. The second-order valence-corrected chi connectivity index (χ2v) is 15.4. The first-order valence-corrected chi connectivity index (χ1v) is 20.0. The summed E-state index contributed by atoms with van der Waals surface area (Å²) in [4.78, 5) is 15.0. The standard InChI is InChI=1S/C55H35N3/c1-3-12-36(13-4-1)49-42-16-7-8-17-43(42)50(37-14-5-2-6-15-37)53-45-30-29-40(41-18-11-19-44(51(41)45)52(49)53)34-21-23-35(24-22-34)46-31-27-38-25-26-39-28-32-48(47-20-9-10-33-56-47)58-55(39)54(38)57-46/h1-19,21-33,47H,20H2. The number of dihydropyridines is 1. The summed E-state index contributed by atoms with van der Waals surface area (Å²) in [6.45, 7) is 0. The molecule has 1 atom stereocenters. The molecule has 1 aliphatic heterocycles. The molecule has 0 N–H and O–H groups in total. The molecule has 58 heavy (non-hydrogen) atoms. The van der Waals surface area contributed by atoms with Crippen LogP contribution in [0, 0.1) is 0 Å². The minimum absolute atomic E-state index is 0.0388. The smallest absolute Gasteiger partial charge is 0.0972 e. The normalized spacial score (nSPS) is 14.2. The van der Waals surface area contributed by atoms with Crippen molar-refractivity contribution >= 4 is 49.6 Å². The zero-order valence-electron chi connectivity index (χ0n) is 31.6. The molecule has 2 aliphatic rings. The third-order valence-electron chi connectivity index (χ3n) is 12.1. The van der Waals surface area contributed by atoms with E-state index in [9.17, 15) is 0 Å². The number of fused-ring (bicyclic) bond motifs is 7. The van der Waals surface area contributed by atoms with Gasteiger partial charge in [-0.2, -0.15) is 0 Å². The monoisotopic (exact) mass is 737 g/mol. The summed E-state index contributed by atoms with van der Waals surface area (Å²) in [7, 11) is 0. The number of aromatic nitrogens is 2. The Hall–Kier alpha value is -7.49. The average molecular weight is 738 g/mol. The van der Waals surface area contributed by atoms with Gasteiger partial charge in [-0.25, -0.2) is 9.97 Å². The Labute approximate surface area is 336 Å². The summed E-state index contributed by atoms with van der Waals surface area (Å²) in [5.74, 6) is 0. The van der Waals surface area contributed by atoms with Crippen molar-refractivity contribution in [2.24, 2.45) is 4.99 Å². The Morgan fingerprint density at radius 1 is 0.397 bits per heavy atom. The van der Waals surface area contributed by atoms with Gasteiger partial charge in [-0.05, 0) is 102 Å². The van der Waals surface area contributed by atoms with E-state index in [1.165, 1.54) is 77.2 Å². The lowest BCUT2D eigenvalue weighted by atomic mass is 9.82. The maximum atomic E-state index is 5.24. The summed E-state index contributed by atoms with van der Waals surface area (Å²) >= 11 is 0. The van der Waals surface area contributed by atoms with Crippen molar-refractivity contribution in [3.8, 4) is 66.9 Å². The molecule has 0 amide bonds. The number of allylic oxidation sites excluding steroid dienone is 1. The molecule has 8 aromatic carbocycles. The molecule has 0 saturated heterocycles. The molecule has 0 saturated carbocycles. The first kappa shape index (κ1) is 32.7. The minimum Gasteiger partial charge on any atom is -0.283 e. The van der Waals surface area contributed by atoms with E-state index in [2.05, 4.69) is 187 Å². The molecule has 270 valence electrons. The molecule has 1 aliphatic carbocycles. The van der Waals surface area contributed by atoms with Crippen molar-refractivity contribution in [2.45, 2.75) is 12.5 Å². The molecular weight excluding hydrogens is 703 g/mol. The zero-order valence-corrected chi connectivity index (χ0v) is 31.6. The number of hydrogen-bond acceptors (Lipinski definition) is 3. The molecule has 0 bridgehead atoms. The van der Waals surface area contributed by atoms with Gasteiger partial charge in [0.1, 0.15) is 0 Å². The number of pyridine rings is 2. The lowest BCUT2D eigenvalue weighted by Gasteiger charge is -2.20. The number of aliphatic imine (C=N–C) groups is 1. The fraction of sp³-hybridized carbons (Fsp3) is 0.0364. The molecule has 0 fully saturated rings. The van der Waals surface area contributed by atoms with Crippen LogP contribution >= 0.6 is 0 Å². The van der Waals surface area contributed by atoms with E-state index in [0.29, 0.717) is 0 Å². The van der Waals surface area contributed by atoms with Crippen molar-refractivity contribution < 1.29 is 0 Å². The Morgan fingerprint density at radius 3 is 1.64 bits per heavy atom. The van der Waals surface area contributed by atoms with Gasteiger partial charge in [0.15, 0.2) is 0 Å². The van der Waals surface area contributed by atoms with Gasteiger partial charge in [0.05, 0.1) is 28.5 Å². The van der Waals surface area contributed by atoms with E-state index in [1.54, 1.807) is 0 Å². The second-order valence-electron chi connectivity index (χ2n) is 15.4. The van der Waals surface area contributed by atoms with Crippen LogP contribution in [0.25, 0.3) is 110 Å². The minimum atomic E-state index is 0.0388. The Kier molecular flexibility index (Phi) is 7.36. The first-order chi connectivity index (χ1) is 28.8. The summed E-state index contributed by atoms with van der Waals surface area (Å²) in [5.41, 5.74) is 17.5. The Bertz CT molecular complexity index is 3250. The van der Waals surface area contributed by atoms with Gasteiger partial charge >= 0.3 is 0 Å². The number of nitrogens with zero attached hydrogens (tertiary/aromatic N) is 3. The highest BCUT2D eigenvalue weighted by Crippen LogP contribution is 2.58. The van der Waals surface area contributed by atoms with E-state index < -0.39 is 0 Å². The zero-order chi connectivity index (χ0) is 38.2. The largest absolute Gasteiger partial charge is 0.283 e. The van der Waals surface area contributed by atoms with Gasteiger partial charge in [-0.1, -0.05) is 170 Å². The molecule has 1 unspecified atom stereocenters. The summed E-state index contributed by atoms with van der Waals surface area (Å²) in [6.07, 6.45) is 6.89. The van der Waals surface area contributed by atoms with Crippen LogP contribution < -0.4 is 0 Å². The van der Waals surface area contributed by atoms with Crippen LogP contribution in [0.2, 0.25) is 0 Å². The number of rotatable bonds is 5. The molecule has 0 radical (unpaired) electrons. The topological polar surface area (TPSA) is 38.1 Å². The highest BCUT2D eigenvalue weighted by atomic mass is 14.9. The van der Waals surface area contributed by atoms with Crippen LogP contribution in [0.1, 0.15) is 18.2 Å². The van der Waals surface area contributed by atoms with Gasteiger partial charge < -0.3 is 0 Å². The fourth-order valence-electron chi connectivity index (χ4n) is 9.49. The molecule has 12 rings (SSSR count). The first-order valence-electron chi connectivity index (χ1n) is 20.0. The Balaban J connectivity index is 1.00. The Morgan fingerprint density at radius 2 is 0.966 bits per heavy atom. The van der Waals surface area contributed by atoms with Gasteiger partial charge in [0, 0.05) is 22.6 Å². The maximum Gasteiger partial charge on any atom is 0.0972 e. The summed E-state index contributed by atoms with van der Waals surface area (Å²) in [5, 5.41) is 7.28. The predicted octanol–water partition coefficient (Wildman–Crippen LogP) is 14.5.